The number of ether oxygens (including phenoxy) is 2. The molecule has 1 aliphatic heterocycles. The summed E-state index contributed by atoms with van der Waals surface area (Å²) in [6.07, 6.45) is 0.484. The Morgan fingerprint density at radius 3 is 2.63 bits per heavy atom. The Morgan fingerprint density at radius 1 is 1.22 bits per heavy atom. The molecular weight excluding hydrogens is 370 g/mol. The van der Waals surface area contributed by atoms with E-state index in [1.54, 1.807) is 26.4 Å². The lowest BCUT2D eigenvalue weighted by atomic mass is 10.1. The number of amides is 3. The highest BCUT2D eigenvalue weighted by Crippen LogP contribution is 2.34. The number of imide groups is 1. The molecule has 2 aromatic rings. The Hall–Kier alpha value is -2.94. The van der Waals surface area contributed by atoms with E-state index in [9.17, 15) is 14.4 Å². The van der Waals surface area contributed by atoms with Gasteiger partial charge in [0, 0.05) is 42.8 Å². The van der Waals surface area contributed by atoms with E-state index in [-0.39, 0.29) is 43.5 Å². The van der Waals surface area contributed by atoms with Gasteiger partial charge in [-0.25, -0.2) is 4.98 Å². The lowest BCUT2D eigenvalue weighted by Crippen LogP contribution is -2.32. The maximum absolute atomic E-state index is 12.1. The zero-order valence-corrected chi connectivity index (χ0v) is 15.8. The normalized spacial score (nSPS) is 13.8. The molecule has 3 amide bonds. The van der Waals surface area contributed by atoms with Crippen molar-refractivity contribution in [1.82, 2.24) is 9.88 Å². The van der Waals surface area contributed by atoms with Crippen LogP contribution in [-0.2, 0) is 14.4 Å². The number of thiazole rings is 1. The van der Waals surface area contributed by atoms with Crippen LogP contribution in [0.3, 0.4) is 0 Å². The van der Waals surface area contributed by atoms with Gasteiger partial charge in [-0.3, -0.25) is 19.3 Å². The Balaban J connectivity index is 1.63. The smallest absolute Gasteiger partial charge is 0.229 e. The van der Waals surface area contributed by atoms with Crippen molar-refractivity contribution in [2.24, 2.45) is 0 Å². The molecule has 9 heteroatoms. The van der Waals surface area contributed by atoms with Crippen molar-refractivity contribution >= 4 is 34.2 Å². The van der Waals surface area contributed by atoms with Gasteiger partial charge in [-0.15, -0.1) is 11.3 Å². The molecular formula is C18H19N3O5S. The number of carbonyl (C=O) groups is 3. The molecule has 1 fully saturated rings. The zero-order valence-electron chi connectivity index (χ0n) is 15.0. The van der Waals surface area contributed by atoms with Crippen LogP contribution in [0.1, 0.15) is 19.3 Å². The number of aromatic nitrogens is 1. The van der Waals surface area contributed by atoms with Crippen LogP contribution < -0.4 is 14.8 Å². The van der Waals surface area contributed by atoms with Gasteiger partial charge in [0.25, 0.3) is 0 Å². The molecule has 3 rings (SSSR count). The number of benzene rings is 1. The number of hydrogen-bond donors (Lipinski definition) is 1. The van der Waals surface area contributed by atoms with Crippen molar-refractivity contribution in [2.45, 2.75) is 19.3 Å². The molecule has 142 valence electrons. The quantitative estimate of drug-likeness (QED) is 0.730. The molecule has 0 bridgehead atoms. The van der Waals surface area contributed by atoms with Crippen molar-refractivity contribution in [3.8, 4) is 22.8 Å². The van der Waals surface area contributed by atoms with Crippen molar-refractivity contribution in [3.63, 3.8) is 0 Å². The molecule has 1 saturated heterocycles. The molecule has 0 aliphatic carbocycles. The average Bonchev–Trinajstić information content (AvgIpc) is 3.26. The fraction of sp³-hybridized carbons (Fsp3) is 0.333. The van der Waals surface area contributed by atoms with Gasteiger partial charge < -0.3 is 14.8 Å². The summed E-state index contributed by atoms with van der Waals surface area (Å²) >= 11 is 1.28. The number of likely N-dealkylation sites (tertiary alicyclic amines) is 1. The molecule has 1 aliphatic rings. The summed E-state index contributed by atoms with van der Waals surface area (Å²) in [7, 11) is 3.14. The van der Waals surface area contributed by atoms with Crippen LogP contribution in [0.25, 0.3) is 11.3 Å². The minimum atomic E-state index is -0.301. The van der Waals surface area contributed by atoms with Gasteiger partial charge in [0.2, 0.25) is 17.7 Å². The van der Waals surface area contributed by atoms with Gasteiger partial charge in [-0.05, 0) is 12.1 Å². The molecule has 27 heavy (non-hydrogen) atoms. The van der Waals surface area contributed by atoms with E-state index in [1.807, 2.05) is 11.4 Å². The summed E-state index contributed by atoms with van der Waals surface area (Å²) < 4.78 is 10.6. The summed E-state index contributed by atoms with van der Waals surface area (Å²) in [5, 5.41) is 4.95. The highest BCUT2D eigenvalue weighted by Gasteiger charge is 2.28. The third kappa shape index (κ3) is 4.25. The molecule has 0 saturated carbocycles. The Bertz CT molecular complexity index is 864. The third-order valence-electron chi connectivity index (χ3n) is 4.15. The van der Waals surface area contributed by atoms with Crippen molar-refractivity contribution in [1.29, 1.82) is 0 Å². The Morgan fingerprint density at radius 2 is 1.96 bits per heavy atom. The first-order chi connectivity index (χ1) is 13.0. The highest BCUT2D eigenvalue weighted by atomic mass is 32.1. The monoisotopic (exact) mass is 389 g/mol. The van der Waals surface area contributed by atoms with E-state index in [2.05, 4.69) is 10.3 Å². The second kappa shape index (κ2) is 8.17. The molecule has 8 nitrogen and oxygen atoms in total. The lowest BCUT2D eigenvalue weighted by Gasteiger charge is -2.12. The summed E-state index contributed by atoms with van der Waals surface area (Å²) in [5.41, 5.74) is 1.45. The second-order valence-corrected chi connectivity index (χ2v) is 6.70. The number of rotatable bonds is 7. The first-order valence-corrected chi connectivity index (χ1v) is 9.20. The van der Waals surface area contributed by atoms with Crippen LogP contribution in [0.5, 0.6) is 11.5 Å². The fourth-order valence-corrected chi connectivity index (χ4v) is 3.46. The van der Waals surface area contributed by atoms with Crippen molar-refractivity contribution in [3.05, 3.63) is 23.6 Å². The van der Waals surface area contributed by atoms with Gasteiger partial charge >= 0.3 is 0 Å². The van der Waals surface area contributed by atoms with E-state index in [0.717, 1.165) is 10.5 Å². The van der Waals surface area contributed by atoms with Gasteiger partial charge in [0.05, 0.1) is 19.9 Å². The molecule has 1 aromatic carbocycles. The summed E-state index contributed by atoms with van der Waals surface area (Å²) in [6, 6.07) is 5.40. The van der Waals surface area contributed by atoms with E-state index in [0.29, 0.717) is 22.3 Å². The van der Waals surface area contributed by atoms with Crippen LogP contribution in [0.2, 0.25) is 0 Å². The average molecular weight is 389 g/mol. The van der Waals surface area contributed by atoms with Crippen LogP contribution in [0.4, 0.5) is 5.13 Å². The van der Waals surface area contributed by atoms with Gasteiger partial charge in [0.1, 0.15) is 11.5 Å². The van der Waals surface area contributed by atoms with E-state index < -0.39 is 0 Å². The minimum absolute atomic E-state index is 0.0399. The lowest BCUT2D eigenvalue weighted by molar-refractivity contribution is -0.138. The van der Waals surface area contributed by atoms with Crippen molar-refractivity contribution < 1.29 is 23.9 Å². The number of methoxy groups -OCH3 is 2. The predicted molar refractivity (Wildman–Crippen MR) is 99.9 cm³/mol. The topological polar surface area (TPSA) is 97.8 Å². The molecule has 0 atom stereocenters. The van der Waals surface area contributed by atoms with E-state index >= 15 is 0 Å². The molecule has 1 N–H and O–H groups in total. The summed E-state index contributed by atoms with van der Waals surface area (Å²) in [6.45, 7) is 0.0913. The van der Waals surface area contributed by atoms with Gasteiger partial charge in [-0.1, -0.05) is 0 Å². The standard InChI is InChI=1S/C18H19N3O5S/c1-25-11-3-4-12(14(9-11)26-2)13-10-27-18(19-13)20-15(22)7-8-21-16(23)5-6-17(21)24/h3-4,9-10H,5-8H2,1-2H3,(H,19,20,22). The van der Waals surface area contributed by atoms with Crippen LogP contribution >= 0.6 is 11.3 Å². The third-order valence-corrected chi connectivity index (χ3v) is 4.91. The molecule has 0 unspecified atom stereocenters. The van der Waals surface area contributed by atoms with Crippen LogP contribution in [-0.4, -0.2) is 48.4 Å². The number of nitrogens with zero attached hydrogens (tertiary/aromatic N) is 2. The van der Waals surface area contributed by atoms with E-state index in [1.165, 1.54) is 11.3 Å². The maximum atomic E-state index is 12.1. The number of nitrogens with one attached hydrogen (secondary N) is 1. The van der Waals surface area contributed by atoms with Gasteiger partial charge in [0.15, 0.2) is 5.13 Å². The number of anilines is 1. The first-order valence-electron chi connectivity index (χ1n) is 8.32. The predicted octanol–water partition coefficient (Wildman–Crippen LogP) is 2.30. The largest absolute Gasteiger partial charge is 0.497 e. The summed E-state index contributed by atoms with van der Waals surface area (Å²) in [4.78, 5) is 40.8. The molecule has 0 spiro atoms. The van der Waals surface area contributed by atoms with Gasteiger partial charge in [-0.2, -0.15) is 0 Å². The minimum Gasteiger partial charge on any atom is -0.497 e. The Labute approximate surface area is 160 Å². The summed E-state index contributed by atoms with van der Waals surface area (Å²) in [5.74, 6) is 0.533. The second-order valence-electron chi connectivity index (χ2n) is 5.84. The van der Waals surface area contributed by atoms with Crippen LogP contribution in [0.15, 0.2) is 23.6 Å². The van der Waals surface area contributed by atoms with Crippen molar-refractivity contribution in [2.75, 3.05) is 26.1 Å². The molecule has 1 aromatic heterocycles. The zero-order chi connectivity index (χ0) is 19.4. The Kier molecular flexibility index (Phi) is 5.70. The molecule has 0 radical (unpaired) electrons. The highest BCUT2D eigenvalue weighted by molar-refractivity contribution is 7.14. The van der Waals surface area contributed by atoms with Crippen LogP contribution in [0, 0.1) is 0 Å². The fourth-order valence-electron chi connectivity index (χ4n) is 2.73. The molecule has 2 heterocycles. The first kappa shape index (κ1) is 18.8. The number of hydrogen-bond acceptors (Lipinski definition) is 7. The maximum Gasteiger partial charge on any atom is 0.229 e. The van der Waals surface area contributed by atoms with E-state index in [4.69, 9.17) is 9.47 Å². The number of carbonyl (C=O) groups excluding carboxylic acids is 3. The SMILES string of the molecule is COc1ccc(-c2csc(NC(=O)CCN3C(=O)CCC3=O)n2)c(OC)c1.